The average molecular weight is 406 g/mol. The predicted octanol–water partition coefficient (Wildman–Crippen LogP) is 3.85. The van der Waals surface area contributed by atoms with Gasteiger partial charge in [0.1, 0.15) is 0 Å². The molecule has 7 heteroatoms. The van der Waals surface area contributed by atoms with Crippen molar-refractivity contribution in [3.8, 4) is 5.88 Å². The van der Waals surface area contributed by atoms with E-state index in [1.165, 1.54) is 0 Å². The van der Waals surface area contributed by atoms with Gasteiger partial charge >= 0.3 is 6.03 Å². The molecular formula is C23H27N5O2. The van der Waals surface area contributed by atoms with E-state index < -0.39 is 0 Å². The van der Waals surface area contributed by atoms with E-state index in [2.05, 4.69) is 27.9 Å². The standard InChI is InChI=1S/C23H27N5O2/c1-3-20(18-9-11-21(30-2)25-16-18)28-15-14-27(23(28)29)13-5-7-19-10-8-17-6-4-12-24-22(17)26-19/h4,6,8-12,16,20H,3,5,7,13-15H2,1-2H3. The molecule has 0 aromatic carbocycles. The highest BCUT2D eigenvalue weighted by atomic mass is 16.5. The fourth-order valence-corrected chi connectivity index (χ4v) is 4.03. The second-order valence-electron chi connectivity index (χ2n) is 7.48. The molecule has 1 fully saturated rings. The van der Waals surface area contributed by atoms with Gasteiger partial charge in [-0.1, -0.05) is 13.0 Å². The van der Waals surface area contributed by atoms with Crippen molar-refractivity contribution in [1.82, 2.24) is 24.8 Å². The first-order chi connectivity index (χ1) is 14.7. The van der Waals surface area contributed by atoms with Crippen molar-refractivity contribution in [2.45, 2.75) is 32.2 Å². The van der Waals surface area contributed by atoms with Gasteiger partial charge in [0.05, 0.1) is 13.2 Å². The number of urea groups is 1. The van der Waals surface area contributed by atoms with Crippen LogP contribution in [0.25, 0.3) is 11.0 Å². The highest BCUT2D eigenvalue weighted by Crippen LogP contribution is 2.28. The third-order valence-corrected chi connectivity index (χ3v) is 5.63. The Bertz CT molecular complexity index is 1010. The van der Waals surface area contributed by atoms with E-state index in [0.29, 0.717) is 5.88 Å². The number of hydrogen-bond acceptors (Lipinski definition) is 5. The zero-order valence-electron chi connectivity index (χ0n) is 17.5. The topological polar surface area (TPSA) is 71.5 Å². The van der Waals surface area contributed by atoms with Crippen molar-refractivity contribution >= 4 is 17.1 Å². The molecular weight excluding hydrogens is 378 g/mol. The Kier molecular flexibility index (Phi) is 6.07. The lowest BCUT2D eigenvalue weighted by molar-refractivity contribution is 0.175. The lowest BCUT2D eigenvalue weighted by Crippen LogP contribution is -2.35. The van der Waals surface area contributed by atoms with Crippen LogP contribution >= 0.6 is 0 Å². The van der Waals surface area contributed by atoms with Crippen LogP contribution in [0.3, 0.4) is 0 Å². The van der Waals surface area contributed by atoms with E-state index in [9.17, 15) is 4.79 Å². The Balaban J connectivity index is 1.35. The third kappa shape index (κ3) is 4.20. The van der Waals surface area contributed by atoms with Gasteiger partial charge in [-0.25, -0.2) is 19.7 Å². The summed E-state index contributed by atoms with van der Waals surface area (Å²) in [5.41, 5.74) is 2.83. The number of ether oxygens (including phenoxy) is 1. The molecule has 1 aliphatic heterocycles. The largest absolute Gasteiger partial charge is 0.481 e. The van der Waals surface area contributed by atoms with Crippen LogP contribution in [-0.2, 0) is 6.42 Å². The van der Waals surface area contributed by atoms with Crippen LogP contribution in [0.4, 0.5) is 4.79 Å². The number of carbonyl (C=O) groups is 1. The van der Waals surface area contributed by atoms with Crippen LogP contribution in [0.15, 0.2) is 48.8 Å². The van der Waals surface area contributed by atoms with E-state index in [-0.39, 0.29) is 12.1 Å². The third-order valence-electron chi connectivity index (χ3n) is 5.63. The van der Waals surface area contributed by atoms with Crippen molar-refractivity contribution < 1.29 is 9.53 Å². The minimum absolute atomic E-state index is 0.0362. The quantitative estimate of drug-likeness (QED) is 0.569. The fraction of sp³-hybridized carbons (Fsp3) is 0.391. The SMILES string of the molecule is CCC(c1ccc(OC)nc1)N1CCN(CCCc2ccc3cccnc3n2)C1=O. The smallest absolute Gasteiger partial charge is 0.320 e. The molecule has 30 heavy (non-hydrogen) atoms. The Morgan fingerprint density at radius 3 is 2.80 bits per heavy atom. The first kappa shape index (κ1) is 20.1. The van der Waals surface area contributed by atoms with Crippen LogP contribution in [-0.4, -0.2) is 57.5 Å². The van der Waals surface area contributed by atoms with Crippen molar-refractivity contribution in [1.29, 1.82) is 0 Å². The first-order valence-corrected chi connectivity index (χ1v) is 10.5. The second-order valence-corrected chi connectivity index (χ2v) is 7.48. The average Bonchev–Trinajstić information content (AvgIpc) is 3.15. The summed E-state index contributed by atoms with van der Waals surface area (Å²) in [5.74, 6) is 0.584. The molecule has 1 unspecified atom stereocenters. The number of pyridine rings is 3. The van der Waals surface area contributed by atoms with Gasteiger partial charge < -0.3 is 14.5 Å². The highest BCUT2D eigenvalue weighted by Gasteiger charge is 2.33. The zero-order valence-corrected chi connectivity index (χ0v) is 17.5. The summed E-state index contributed by atoms with van der Waals surface area (Å²) in [6, 6.07) is 12.0. The second kappa shape index (κ2) is 9.07. The minimum atomic E-state index is 0.0362. The normalized spacial score (nSPS) is 15.1. The summed E-state index contributed by atoms with van der Waals surface area (Å²) in [7, 11) is 1.60. The number of hydrogen-bond donors (Lipinski definition) is 0. The van der Waals surface area contributed by atoms with Crippen LogP contribution in [0.1, 0.15) is 37.1 Å². The summed E-state index contributed by atoms with van der Waals surface area (Å²) in [6.07, 6.45) is 6.13. The molecule has 1 saturated heterocycles. The van der Waals surface area contributed by atoms with Gasteiger partial charge in [0.25, 0.3) is 0 Å². The Morgan fingerprint density at radius 2 is 2.03 bits per heavy atom. The predicted molar refractivity (Wildman–Crippen MR) is 115 cm³/mol. The van der Waals surface area contributed by atoms with E-state index in [0.717, 1.165) is 61.2 Å². The van der Waals surface area contributed by atoms with Crippen molar-refractivity contribution in [2.24, 2.45) is 0 Å². The van der Waals surface area contributed by atoms with Crippen LogP contribution in [0.2, 0.25) is 0 Å². The van der Waals surface area contributed by atoms with Crippen molar-refractivity contribution in [3.05, 3.63) is 60.0 Å². The molecule has 0 aliphatic carbocycles. The van der Waals surface area contributed by atoms with Gasteiger partial charge in [0.2, 0.25) is 5.88 Å². The molecule has 0 saturated carbocycles. The van der Waals surface area contributed by atoms with Gasteiger partial charge in [0.15, 0.2) is 5.65 Å². The van der Waals surface area contributed by atoms with Gasteiger partial charge in [-0.15, -0.1) is 0 Å². The van der Waals surface area contributed by atoms with Crippen molar-refractivity contribution in [3.63, 3.8) is 0 Å². The number of amides is 2. The van der Waals surface area contributed by atoms with Crippen LogP contribution < -0.4 is 4.74 Å². The fourth-order valence-electron chi connectivity index (χ4n) is 4.03. The van der Waals surface area contributed by atoms with Crippen LogP contribution in [0.5, 0.6) is 5.88 Å². The molecule has 4 rings (SSSR count). The number of fused-ring (bicyclic) bond motifs is 1. The molecule has 1 aliphatic rings. The molecule has 0 N–H and O–H groups in total. The Labute approximate surface area is 176 Å². The molecule has 3 aromatic heterocycles. The van der Waals surface area contributed by atoms with E-state index in [1.807, 2.05) is 46.3 Å². The summed E-state index contributed by atoms with van der Waals surface area (Å²) in [4.78, 5) is 30.2. The molecule has 0 bridgehead atoms. The van der Waals surface area contributed by atoms with Gasteiger partial charge in [-0.3, -0.25) is 0 Å². The minimum Gasteiger partial charge on any atom is -0.481 e. The Morgan fingerprint density at radius 1 is 1.13 bits per heavy atom. The Hall–Kier alpha value is -3.22. The van der Waals surface area contributed by atoms with Gasteiger partial charge in [-0.05, 0) is 49.1 Å². The molecule has 1 atom stereocenters. The molecule has 4 heterocycles. The lowest BCUT2D eigenvalue weighted by Gasteiger charge is -2.27. The van der Waals surface area contributed by atoms with Gasteiger partial charge in [-0.2, -0.15) is 0 Å². The lowest BCUT2D eigenvalue weighted by atomic mass is 10.1. The highest BCUT2D eigenvalue weighted by molar-refractivity contribution is 5.77. The van der Waals surface area contributed by atoms with E-state index in [1.54, 1.807) is 13.3 Å². The molecule has 2 amide bonds. The van der Waals surface area contributed by atoms with E-state index in [4.69, 9.17) is 4.74 Å². The first-order valence-electron chi connectivity index (χ1n) is 10.5. The van der Waals surface area contributed by atoms with Gasteiger partial charge in [0, 0.05) is 49.2 Å². The molecule has 156 valence electrons. The summed E-state index contributed by atoms with van der Waals surface area (Å²) >= 11 is 0. The number of methoxy groups -OCH3 is 1. The molecule has 0 radical (unpaired) electrons. The molecule has 7 nitrogen and oxygen atoms in total. The summed E-state index contributed by atoms with van der Waals surface area (Å²) < 4.78 is 5.14. The molecule has 0 spiro atoms. The van der Waals surface area contributed by atoms with Crippen LogP contribution in [0, 0.1) is 0 Å². The monoisotopic (exact) mass is 405 g/mol. The molecule has 3 aromatic rings. The van der Waals surface area contributed by atoms with E-state index >= 15 is 0 Å². The maximum Gasteiger partial charge on any atom is 0.320 e. The number of nitrogens with zero attached hydrogens (tertiary/aromatic N) is 5. The summed E-state index contributed by atoms with van der Waals surface area (Å²) in [5, 5.41) is 1.05. The number of aromatic nitrogens is 3. The zero-order chi connectivity index (χ0) is 20.9. The number of aryl methyl sites for hydroxylation is 1. The van der Waals surface area contributed by atoms with Crippen molar-refractivity contribution in [2.75, 3.05) is 26.7 Å². The number of carbonyl (C=O) groups excluding carboxylic acids is 1. The maximum atomic E-state index is 13.0. The summed E-state index contributed by atoms with van der Waals surface area (Å²) in [6.45, 7) is 4.33. The maximum absolute atomic E-state index is 13.0. The number of rotatable bonds is 8.